The van der Waals surface area contributed by atoms with Crippen LogP contribution in [0.2, 0.25) is 0 Å². The lowest BCUT2D eigenvalue weighted by Crippen LogP contribution is -2.15. The number of nitrogens with zero attached hydrogens (tertiary/aromatic N) is 2. The first-order valence-corrected chi connectivity index (χ1v) is 9.74. The van der Waals surface area contributed by atoms with Crippen LogP contribution in [0.15, 0.2) is 83.4 Å². The molecule has 0 bridgehead atoms. The standard InChI is InChI=1S/C24H19N3O5/c1-30-20-14-8-6-12-18(20)22-26-21(32-27-22)15-31-24(29)17-11-5-7-13-19(17)25-23(28)16-9-3-2-4-10-16/h2-14H,15H2,1H3,(H,25,28). The van der Waals surface area contributed by atoms with Crippen molar-refractivity contribution in [1.29, 1.82) is 0 Å². The van der Waals surface area contributed by atoms with E-state index in [0.717, 1.165) is 0 Å². The number of amides is 1. The number of hydrogen-bond donors (Lipinski definition) is 1. The van der Waals surface area contributed by atoms with Crippen LogP contribution in [0.5, 0.6) is 5.75 Å². The molecule has 0 spiro atoms. The van der Waals surface area contributed by atoms with Gasteiger partial charge in [0.05, 0.1) is 23.9 Å². The van der Waals surface area contributed by atoms with Gasteiger partial charge >= 0.3 is 5.97 Å². The molecule has 160 valence electrons. The number of benzene rings is 3. The number of rotatable bonds is 7. The SMILES string of the molecule is COc1ccccc1-c1noc(COC(=O)c2ccccc2NC(=O)c2ccccc2)n1. The van der Waals surface area contributed by atoms with Crippen LogP contribution in [0.4, 0.5) is 5.69 Å². The molecule has 0 fully saturated rings. The van der Waals surface area contributed by atoms with E-state index in [1.54, 1.807) is 67.8 Å². The number of carbonyl (C=O) groups excluding carboxylic acids is 2. The van der Waals surface area contributed by atoms with Crippen LogP contribution in [-0.2, 0) is 11.3 Å². The monoisotopic (exact) mass is 429 g/mol. The zero-order valence-corrected chi connectivity index (χ0v) is 17.1. The number of ether oxygens (including phenoxy) is 2. The molecule has 0 saturated heterocycles. The Labute approximate surface area is 183 Å². The molecule has 8 heteroatoms. The van der Waals surface area contributed by atoms with Crippen LogP contribution in [0, 0.1) is 0 Å². The van der Waals surface area contributed by atoms with Crippen molar-refractivity contribution in [3.8, 4) is 17.1 Å². The lowest BCUT2D eigenvalue weighted by Gasteiger charge is -2.10. The summed E-state index contributed by atoms with van der Waals surface area (Å²) in [5, 5.41) is 6.66. The molecular weight excluding hydrogens is 410 g/mol. The Morgan fingerprint density at radius 1 is 0.938 bits per heavy atom. The van der Waals surface area contributed by atoms with Crippen LogP contribution in [-0.4, -0.2) is 29.1 Å². The molecule has 1 N–H and O–H groups in total. The predicted octanol–water partition coefficient (Wildman–Crippen LogP) is 4.35. The highest BCUT2D eigenvalue weighted by Gasteiger charge is 2.18. The van der Waals surface area contributed by atoms with Gasteiger partial charge in [-0.05, 0) is 36.4 Å². The van der Waals surface area contributed by atoms with Gasteiger partial charge in [-0.2, -0.15) is 4.98 Å². The predicted molar refractivity (Wildman–Crippen MR) is 116 cm³/mol. The van der Waals surface area contributed by atoms with E-state index in [-0.39, 0.29) is 24.0 Å². The maximum atomic E-state index is 12.7. The van der Waals surface area contributed by atoms with E-state index in [2.05, 4.69) is 15.5 Å². The minimum absolute atomic E-state index is 0.130. The highest BCUT2D eigenvalue weighted by Crippen LogP contribution is 2.27. The van der Waals surface area contributed by atoms with Gasteiger partial charge < -0.3 is 19.3 Å². The Kier molecular flexibility index (Phi) is 6.22. The minimum atomic E-state index is -0.633. The largest absolute Gasteiger partial charge is 0.496 e. The Bertz CT molecular complexity index is 1240. The molecule has 4 rings (SSSR count). The molecule has 0 radical (unpaired) electrons. The van der Waals surface area contributed by atoms with E-state index >= 15 is 0 Å². The van der Waals surface area contributed by atoms with Crippen LogP contribution in [0.25, 0.3) is 11.4 Å². The van der Waals surface area contributed by atoms with Crippen molar-refractivity contribution in [3.05, 3.63) is 95.9 Å². The number of aromatic nitrogens is 2. The maximum Gasteiger partial charge on any atom is 0.340 e. The molecule has 1 aromatic heterocycles. The zero-order valence-electron chi connectivity index (χ0n) is 17.1. The van der Waals surface area contributed by atoms with Crippen molar-refractivity contribution >= 4 is 17.6 Å². The molecular formula is C24H19N3O5. The first kappa shape index (κ1) is 20.8. The Hall–Kier alpha value is -4.46. The summed E-state index contributed by atoms with van der Waals surface area (Å²) >= 11 is 0. The fourth-order valence-corrected chi connectivity index (χ4v) is 3.01. The molecule has 3 aromatic carbocycles. The fraction of sp³-hybridized carbons (Fsp3) is 0.0833. The van der Waals surface area contributed by atoms with Gasteiger partial charge in [-0.1, -0.05) is 47.6 Å². The second kappa shape index (κ2) is 9.57. The van der Waals surface area contributed by atoms with Gasteiger partial charge in [-0.25, -0.2) is 4.79 Å². The van der Waals surface area contributed by atoms with Crippen LogP contribution in [0.1, 0.15) is 26.6 Å². The van der Waals surface area contributed by atoms with Crippen molar-refractivity contribution < 1.29 is 23.6 Å². The van der Waals surface area contributed by atoms with E-state index < -0.39 is 5.97 Å². The van der Waals surface area contributed by atoms with E-state index in [4.69, 9.17) is 14.0 Å². The lowest BCUT2D eigenvalue weighted by molar-refractivity contribution is 0.0431. The summed E-state index contributed by atoms with van der Waals surface area (Å²) in [6.07, 6.45) is 0. The molecule has 8 nitrogen and oxygen atoms in total. The molecule has 1 heterocycles. The smallest absolute Gasteiger partial charge is 0.340 e. The highest BCUT2D eigenvalue weighted by molar-refractivity contribution is 6.07. The van der Waals surface area contributed by atoms with E-state index in [1.807, 2.05) is 18.2 Å². The molecule has 0 aliphatic carbocycles. The third-order valence-electron chi connectivity index (χ3n) is 4.57. The average molecular weight is 429 g/mol. The number of para-hydroxylation sites is 2. The molecule has 0 aliphatic heterocycles. The van der Waals surface area contributed by atoms with Gasteiger partial charge in [0.1, 0.15) is 5.75 Å². The summed E-state index contributed by atoms with van der Waals surface area (Å²) in [6.45, 7) is -0.220. The molecule has 0 aliphatic rings. The quantitative estimate of drug-likeness (QED) is 0.436. The Morgan fingerprint density at radius 2 is 1.66 bits per heavy atom. The van der Waals surface area contributed by atoms with Crippen LogP contribution < -0.4 is 10.1 Å². The van der Waals surface area contributed by atoms with Crippen molar-refractivity contribution in [2.45, 2.75) is 6.61 Å². The molecule has 1 amide bonds. The normalized spacial score (nSPS) is 10.4. The summed E-state index contributed by atoms with van der Waals surface area (Å²) in [6, 6.07) is 22.6. The van der Waals surface area contributed by atoms with Gasteiger partial charge in [0.25, 0.3) is 11.8 Å². The van der Waals surface area contributed by atoms with Crippen molar-refractivity contribution in [2.75, 3.05) is 12.4 Å². The molecule has 0 atom stereocenters. The summed E-state index contributed by atoms with van der Waals surface area (Å²) in [5.41, 5.74) is 1.68. The van der Waals surface area contributed by atoms with Gasteiger partial charge in [0.2, 0.25) is 5.82 Å². The first-order valence-electron chi connectivity index (χ1n) is 9.74. The Morgan fingerprint density at radius 3 is 2.47 bits per heavy atom. The third-order valence-corrected chi connectivity index (χ3v) is 4.57. The molecule has 0 unspecified atom stereocenters. The number of carbonyl (C=O) groups is 2. The number of methoxy groups -OCH3 is 1. The van der Waals surface area contributed by atoms with Crippen molar-refractivity contribution in [3.63, 3.8) is 0 Å². The minimum Gasteiger partial charge on any atom is -0.496 e. The summed E-state index contributed by atoms with van der Waals surface area (Å²) < 4.78 is 15.8. The maximum absolute atomic E-state index is 12.7. The van der Waals surface area contributed by atoms with Crippen LogP contribution >= 0.6 is 0 Å². The van der Waals surface area contributed by atoms with Gasteiger partial charge in [-0.3, -0.25) is 4.79 Å². The van der Waals surface area contributed by atoms with Gasteiger partial charge in [-0.15, -0.1) is 0 Å². The van der Waals surface area contributed by atoms with Gasteiger partial charge in [0.15, 0.2) is 6.61 Å². The van der Waals surface area contributed by atoms with Crippen LogP contribution in [0.3, 0.4) is 0 Å². The topological polar surface area (TPSA) is 104 Å². The third kappa shape index (κ3) is 4.65. The number of esters is 1. The number of hydrogen-bond acceptors (Lipinski definition) is 7. The molecule has 32 heavy (non-hydrogen) atoms. The second-order valence-corrected chi connectivity index (χ2v) is 6.65. The van der Waals surface area contributed by atoms with Gasteiger partial charge in [0, 0.05) is 5.56 Å². The average Bonchev–Trinajstić information content (AvgIpc) is 3.32. The summed E-state index contributed by atoms with van der Waals surface area (Å²) in [5.74, 6) is 0.0872. The number of anilines is 1. The second-order valence-electron chi connectivity index (χ2n) is 6.65. The van der Waals surface area contributed by atoms with E-state index in [1.165, 1.54) is 0 Å². The highest BCUT2D eigenvalue weighted by atomic mass is 16.6. The number of nitrogens with one attached hydrogen (secondary N) is 1. The first-order chi connectivity index (χ1) is 15.7. The zero-order chi connectivity index (χ0) is 22.3. The summed E-state index contributed by atoms with van der Waals surface area (Å²) in [7, 11) is 1.55. The fourth-order valence-electron chi connectivity index (χ4n) is 3.01. The lowest BCUT2D eigenvalue weighted by atomic mass is 10.1. The van der Waals surface area contributed by atoms with Crippen molar-refractivity contribution in [1.82, 2.24) is 10.1 Å². The Balaban J connectivity index is 1.44. The van der Waals surface area contributed by atoms with E-state index in [9.17, 15) is 9.59 Å². The van der Waals surface area contributed by atoms with E-state index in [0.29, 0.717) is 28.4 Å². The summed E-state index contributed by atoms with van der Waals surface area (Å²) in [4.78, 5) is 29.4. The van der Waals surface area contributed by atoms with Crippen molar-refractivity contribution in [2.24, 2.45) is 0 Å². The molecule has 4 aromatic rings. The molecule has 0 saturated carbocycles.